The molecule has 3 rings (SSSR count). The zero-order valence-corrected chi connectivity index (χ0v) is 15.8. The number of amides is 1. The van der Waals surface area contributed by atoms with Gasteiger partial charge in [0, 0.05) is 37.0 Å². The molecule has 26 heavy (non-hydrogen) atoms. The summed E-state index contributed by atoms with van der Waals surface area (Å²) in [7, 11) is 0. The molecule has 0 bridgehead atoms. The Hall–Kier alpha value is -1.85. The van der Waals surface area contributed by atoms with Crippen molar-refractivity contribution in [1.82, 2.24) is 9.88 Å². The number of aromatic nitrogens is 1. The Balaban J connectivity index is 1.47. The first-order chi connectivity index (χ1) is 12.7. The van der Waals surface area contributed by atoms with E-state index in [9.17, 15) is 9.90 Å². The van der Waals surface area contributed by atoms with Gasteiger partial charge in [0.1, 0.15) is 0 Å². The van der Waals surface area contributed by atoms with Crippen LogP contribution in [0.3, 0.4) is 0 Å². The maximum Gasteiger partial charge on any atom is 0.232 e. The summed E-state index contributed by atoms with van der Waals surface area (Å²) >= 11 is 1.55. The summed E-state index contributed by atoms with van der Waals surface area (Å²) in [5.74, 6) is 0.640. The van der Waals surface area contributed by atoms with Gasteiger partial charge >= 0.3 is 0 Å². The molecule has 1 saturated heterocycles. The van der Waals surface area contributed by atoms with Gasteiger partial charge in [0.2, 0.25) is 5.91 Å². The Bertz CT molecular complexity index is 686. The molecule has 2 aromatic rings. The zero-order chi connectivity index (χ0) is 18.2. The second-order valence-corrected chi connectivity index (χ2v) is 8.04. The predicted octanol–water partition coefficient (Wildman–Crippen LogP) is 3.41. The minimum Gasteiger partial charge on any atom is -0.396 e. The predicted molar refractivity (Wildman–Crippen MR) is 105 cm³/mol. The molecule has 0 unspecified atom stereocenters. The van der Waals surface area contributed by atoms with E-state index in [-0.39, 0.29) is 17.9 Å². The van der Waals surface area contributed by atoms with Crippen molar-refractivity contribution >= 4 is 17.7 Å². The Labute approximate surface area is 159 Å². The molecular formula is C21H26N2O2S. The van der Waals surface area contributed by atoms with Crippen molar-refractivity contribution in [2.75, 3.05) is 25.4 Å². The summed E-state index contributed by atoms with van der Waals surface area (Å²) in [6.45, 7) is 1.68. The fourth-order valence-corrected chi connectivity index (χ4v) is 4.23. The number of pyridine rings is 1. The van der Waals surface area contributed by atoms with Gasteiger partial charge in [-0.15, -0.1) is 11.8 Å². The van der Waals surface area contributed by atoms with Crippen LogP contribution in [0, 0.1) is 5.41 Å². The van der Waals surface area contributed by atoms with Crippen molar-refractivity contribution in [2.45, 2.75) is 30.6 Å². The number of thioether (sulfide) groups is 1. The van der Waals surface area contributed by atoms with Crippen molar-refractivity contribution < 1.29 is 9.90 Å². The van der Waals surface area contributed by atoms with Gasteiger partial charge in [-0.2, -0.15) is 0 Å². The summed E-state index contributed by atoms with van der Waals surface area (Å²) in [5, 5.41) is 9.98. The van der Waals surface area contributed by atoms with E-state index < -0.39 is 0 Å². The number of aliphatic hydroxyl groups is 1. The first kappa shape index (κ1) is 18.9. The number of nitrogens with zero attached hydrogens (tertiary/aromatic N) is 2. The number of rotatable bonds is 7. The SMILES string of the molecule is O=C(CSc1ccncc1)N1CCC(CO)(CCc2ccccc2)CC1. The molecule has 0 saturated carbocycles. The molecule has 1 aromatic heterocycles. The molecule has 0 aliphatic carbocycles. The van der Waals surface area contributed by atoms with Crippen LogP contribution in [0.5, 0.6) is 0 Å². The Morgan fingerprint density at radius 1 is 1.12 bits per heavy atom. The molecule has 1 amide bonds. The van der Waals surface area contributed by atoms with Crippen molar-refractivity contribution in [2.24, 2.45) is 5.41 Å². The van der Waals surface area contributed by atoms with E-state index in [0.717, 1.165) is 43.7 Å². The van der Waals surface area contributed by atoms with E-state index in [0.29, 0.717) is 5.75 Å². The van der Waals surface area contributed by atoms with Crippen LogP contribution in [0.25, 0.3) is 0 Å². The van der Waals surface area contributed by atoms with Crippen molar-refractivity contribution in [3.8, 4) is 0 Å². The number of aryl methyl sites for hydroxylation is 1. The standard InChI is InChI=1S/C21H26N2O2S/c24-17-21(9-6-18-4-2-1-3-5-18)10-14-23(15-11-21)20(25)16-26-19-7-12-22-13-8-19/h1-5,7-8,12-13,24H,6,9-11,14-17H2. The fraction of sp³-hybridized carbons (Fsp3) is 0.429. The van der Waals surface area contributed by atoms with E-state index in [1.807, 2.05) is 23.1 Å². The molecule has 1 aromatic carbocycles. The smallest absolute Gasteiger partial charge is 0.232 e. The highest BCUT2D eigenvalue weighted by Gasteiger charge is 2.35. The van der Waals surface area contributed by atoms with Gasteiger partial charge < -0.3 is 10.0 Å². The average molecular weight is 371 g/mol. The van der Waals surface area contributed by atoms with E-state index >= 15 is 0 Å². The van der Waals surface area contributed by atoms with Gasteiger partial charge in [0.15, 0.2) is 0 Å². The molecule has 1 aliphatic heterocycles. The summed E-state index contributed by atoms with van der Waals surface area (Å²) in [5.41, 5.74) is 1.26. The number of aliphatic hydroxyl groups excluding tert-OH is 1. The van der Waals surface area contributed by atoms with Crippen LogP contribution in [-0.4, -0.2) is 46.3 Å². The molecule has 1 aliphatic rings. The van der Waals surface area contributed by atoms with E-state index in [1.165, 1.54) is 5.56 Å². The molecule has 0 spiro atoms. The van der Waals surface area contributed by atoms with Gasteiger partial charge in [0.25, 0.3) is 0 Å². The normalized spacial score (nSPS) is 16.4. The highest BCUT2D eigenvalue weighted by atomic mass is 32.2. The first-order valence-corrected chi connectivity index (χ1v) is 10.1. The largest absolute Gasteiger partial charge is 0.396 e. The number of carbonyl (C=O) groups excluding carboxylic acids is 1. The van der Waals surface area contributed by atoms with E-state index in [2.05, 4.69) is 29.2 Å². The summed E-state index contributed by atoms with van der Waals surface area (Å²) in [6.07, 6.45) is 7.20. The van der Waals surface area contributed by atoms with Crippen molar-refractivity contribution in [3.05, 3.63) is 60.4 Å². The molecule has 0 atom stereocenters. The number of piperidine rings is 1. The summed E-state index contributed by atoms with van der Waals surface area (Å²) in [6, 6.07) is 14.3. The second kappa shape index (κ2) is 9.19. The molecule has 0 radical (unpaired) electrons. The number of hydrogen-bond donors (Lipinski definition) is 1. The zero-order valence-electron chi connectivity index (χ0n) is 15.0. The van der Waals surface area contributed by atoms with Crippen LogP contribution in [0.15, 0.2) is 59.8 Å². The monoisotopic (exact) mass is 370 g/mol. The van der Waals surface area contributed by atoms with Gasteiger partial charge in [-0.1, -0.05) is 30.3 Å². The van der Waals surface area contributed by atoms with Gasteiger partial charge in [-0.25, -0.2) is 0 Å². The quantitative estimate of drug-likeness (QED) is 0.759. The van der Waals surface area contributed by atoms with E-state index in [4.69, 9.17) is 0 Å². The number of benzene rings is 1. The molecule has 4 nitrogen and oxygen atoms in total. The number of carbonyl (C=O) groups is 1. The number of likely N-dealkylation sites (tertiary alicyclic amines) is 1. The van der Waals surface area contributed by atoms with Crippen LogP contribution in [0.4, 0.5) is 0 Å². The van der Waals surface area contributed by atoms with Crippen LogP contribution in [0.2, 0.25) is 0 Å². The topological polar surface area (TPSA) is 53.4 Å². The Kier molecular flexibility index (Phi) is 6.69. The molecular weight excluding hydrogens is 344 g/mol. The molecule has 1 N–H and O–H groups in total. The highest BCUT2D eigenvalue weighted by Crippen LogP contribution is 2.36. The minimum atomic E-state index is -0.0507. The van der Waals surface area contributed by atoms with Crippen LogP contribution in [0.1, 0.15) is 24.8 Å². The molecule has 2 heterocycles. The second-order valence-electron chi connectivity index (χ2n) is 7.00. The van der Waals surface area contributed by atoms with Crippen molar-refractivity contribution in [1.29, 1.82) is 0 Å². The van der Waals surface area contributed by atoms with E-state index in [1.54, 1.807) is 24.2 Å². The first-order valence-electron chi connectivity index (χ1n) is 9.16. The maximum atomic E-state index is 12.5. The third-order valence-corrected chi connectivity index (χ3v) is 6.31. The maximum absolute atomic E-state index is 12.5. The Morgan fingerprint density at radius 3 is 2.46 bits per heavy atom. The lowest BCUT2D eigenvalue weighted by atomic mass is 9.75. The fourth-order valence-electron chi connectivity index (χ4n) is 3.44. The average Bonchev–Trinajstić information content (AvgIpc) is 2.72. The molecule has 1 fully saturated rings. The molecule has 138 valence electrons. The van der Waals surface area contributed by atoms with Crippen LogP contribution < -0.4 is 0 Å². The third kappa shape index (κ3) is 5.08. The van der Waals surface area contributed by atoms with Gasteiger partial charge in [-0.05, 0) is 48.8 Å². The summed E-state index contributed by atoms with van der Waals surface area (Å²) in [4.78, 5) is 19.5. The number of hydrogen-bond acceptors (Lipinski definition) is 4. The van der Waals surface area contributed by atoms with Gasteiger partial charge in [-0.3, -0.25) is 9.78 Å². The lowest BCUT2D eigenvalue weighted by Crippen LogP contribution is -2.45. The molecule has 5 heteroatoms. The van der Waals surface area contributed by atoms with Crippen LogP contribution in [-0.2, 0) is 11.2 Å². The van der Waals surface area contributed by atoms with Crippen molar-refractivity contribution in [3.63, 3.8) is 0 Å². The lowest BCUT2D eigenvalue weighted by molar-refractivity contribution is -0.131. The van der Waals surface area contributed by atoms with Gasteiger partial charge in [0.05, 0.1) is 5.75 Å². The van der Waals surface area contributed by atoms with Crippen LogP contribution >= 0.6 is 11.8 Å². The minimum absolute atomic E-state index is 0.0507. The Morgan fingerprint density at radius 2 is 1.81 bits per heavy atom. The highest BCUT2D eigenvalue weighted by molar-refractivity contribution is 8.00. The third-order valence-electron chi connectivity index (χ3n) is 5.31. The summed E-state index contributed by atoms with van der Waals surface area (Å²) < 4.78 is 0. The lowest BCUT2D eigenvalue weighted by Gasteiger charge is -2.41.